The molecule has 0 aliphatic carbocycles. The van der Waals surface area contributed by atoms with Crippen LogP contribution < -0.4 is 10.6 Å². The first-order chi connectivity index (χ1) is 17.0. The summed E-state index contributed by atoms with van der Waals surface area (Å²) in [7, 11) is -3.66. The summed E-state index contributed by atoms with van der Waals surface area (Å²) in [6.07, 6.45) is 5.66. The lowest BCUT2D eigenvalue weighted by Crippen LogP contribution is -2.47. The van der Waals surface area contributed by atoms with Gasteiger partial charge in [0.15, 0.2) is 0 Å². The number of amides is 2. The molecule has 0 saturated carbocycles. The summed E-state index contributed by atoms with van der Waals surface area (Å²) in [5.74, 6) is -0.231. The van der Waals surface area contributed by atoms with E-state index in [9.17, 15) is 18.0 Å². The number of aromatic nitrogens is 2. The minimum atomic E-state index is -3.66. The van der Waals surface area contributed by atoms with E-state index in [-0.39, 0.29) is 23.4 Å². The number of nitrogens with zero attached hydrogens (tertiary/aromatic N) is 3. The van der Waals surface area contributed by atoms with Crippen LogP contribution in [0.25, 0.3) is 5.65 Å². The zero-order valence-electron chi connectivity index (χ0n) is 20.6. The summed E-state index contributed by atoms with van der Waals surface area (Å²) in [5.41, 5.74) is 1.46. The third-order valence-corrected chi connectivity index (χ3v) is 7.75. The molecular formula is C25H31N5O5S. The van der Waals surface area contributed by atoms with Crippen molar-refractivity contribution in [3.05, 3.63) is 66.1 Å². The van der Waals surface area contributed by atoms with Crippen molar-refractivity contribution in [1.29, 1.82) is 0 Å². The molecule has 0 atom stereocenters. The van der Waals surface area contributed by atoms with E-state index in [0.29, 0.717) is 31.5 Å². The van der Waals surface area contributed by atoms with Crippen LogP contribution in [0, 0.1) is 0 Å². The normalized spacial score (nSPS) is 15.5. The maximum atomic E-state index is 13.1. The molecular weight excluding hydrogens is 482 g/mol. The Morgan fingerprint density at radius 2 is 1.78 bits per heavy atom. The first kappa shape index (κ1) is 25.6. The minimum absolute atomic E-state index is 0.133. The Hall–Kier alpha value is -3.44. The fourth-order valence-electron chi connectivity index (χ4n) is 3.98. The summed E-state index contributed by atoms with van der Waals surface area (Å²) in [6.45, 7) is 6.27. The number of fused-ring (bicyclic) bond motifs is 1. The molecule has 1 aliphatic rings. The zero-order chi connectivity index (χ0) is 25.9. The average molecular weight is 514 g/mol. The quantitative estimate of drug-likeness (QED) is 0.523. The number of hydrogen-bond acceptors (Lipinski definition) is 6. The molecule has 4 rings (SSSR count). The summed E-state index contributed by atoms with van der Waals surface area (Å²) >= 11 is 0. The van der Waals surface area contributed by atoms with Gasteiger partial charge >= 0.3 is 6.09 Å². The van der Waals surface area contributed by atoms with Crippen LogP contribution in [0.4, 0.5) is 4.79 Å². The van der Waals surface area contributed by atoms with E-state index < -0.39 is 21.7 Å². The molecule has 2 amide bonds. The highest BCUT2D eigenvalue weighted by atomic mass is 32.2. The van der Waals surface area contributed by atoms with Gasteiger partial charge in [-0.15, -0.1) is 0 Å². The molecule has 1 fully saturated rings. The molecule has 1 aliphatic heterocycles. The van der Waals surface area contributed by atoms with Crippen LogP contribution in [-0.2, 0) is 21.3 Å². The highest BCUT2D eigenvalue weighted by molar-refractivity contribution is 7.89. The fourth-order valence-corrected chi connectivity index (χ4v) is 5.45. The summed E-state index contributed by atoms with van der Waals surface area (Å²) in [6, 6.07) is 9.85. The van der Waals surface area contributed by atoms with Gasteiger partial charge in [-0.25, -0.2) is 18.2 Å². The smallest absolute Gasteiger partial charge is 0.407 e. The van der Waals surface area contributed by atoms with Crippen LogP contribution in [0.5, 0.6) is 0 Å². The van der Waals surface area contributed by atoms with Gasteiger partial charge in [0.2, 0.25) is 10.0 Å². The van der Waals surface area contributed by atoms with E-state index in [2.05, 4.69) is 15.6 Å². The van der Waals surface area contributed by atoms with Crippen LogP contribution in [0.2, 0.25) is 0 Å². The van der Waals surface area contributed by atoms with E-state index in [1.165, 1.54) is 4.31 Å². The van der Waals surface area contributed by atoms with Crippen LogP contribution in [0.15, 0.2) is 59.9 Å². The van der Waals surface area contributed by atoms with Gasteiger partial charge in [-0.3, -0.25) is 4.79 Å². The number of piperidine rings is 1. The lowest BCUT2D eigenvalue weighted by molar-refractivity contribution is 0.0489. The van der Waals surface area contributed by atoms with Crippen molar-refractivity contribution in [2.45, 2.75) is 56.7 Å². The SMILES string of the molecule is CC(C)(C)OC(=O)NC1CCN(S(=O)(=O)c2ccc(CNC(=O)c3ccc4nccn4c3)cc2)CC1. The number of ether oxygens (including phenoxy) is 1. The number of sulfonamides is 1. The van der Waals surface area contributed by atoms with Gasteiger partial charge in [0.1, 0.15) is 11.2 Å². The van der Waals surface area contributed by atoms with Crippen molar-refractivity contribution in [1.82, 2.24) is 24.3 Å². The van der Waals surface area contributed by atoms with Gasteiger partial charge < -0.3 is 19.8 Å². The van der Waals surface area contributed by atoms with Crippen molar-refractivity contribution in [2.75, 3.05) is 13.1 Å². The molecule has 3 heterocycles. The molecule has 11 heteroatoms. The van der Waals surface area contributed by atoms with Crippen LogP contribution in [0.1, 0.15) is 49.5 Å². The molecule has 10 nitrogen and oxygen atoms in total. The number of imidazole rings is 1. The monoisotopic (exact) mass is 513 g/mol. The Morgan fingerprint density at radius 3 is 2.44 bits per heavy atom. The highest BCUT2D eigenvalue weighted by Crippen LogP contribution is 2.22. The lowest BCUT2D eigenvalue weighted by atomic mass is 10.1. The number of pyridine rings is 1. The van der Waals surface area contributed by atoms with E-state index in [1.807, 2.05) is 0 Å². The standard InChI is InChI=1S/C25H31N5O5S/c1-25(2,3)35-24(32)28-20-10-13-30(14-11-20)36(33,34)21-7-4-18(5-8-21)16-27-23(31)19-6-9-22-26-12-15-29(22)17-19/h4-9,12,15,17,20H,10-11,13-14,16H2,1-3H3,(H,27,31)(H,28,32). The zero-order valence-corrected chi connectivity index (χ0v) is 21.4. The number of carbonyl (C=O) groups excluding carboxylic acids is 2. The van der Waals surface area contributed by atoms with Crippen molar-refractivity contribution in [3.63, 3.8) is 0 Å². The van der Waals surface area contributed by atoms with Crippen LogP contribution in [-0.4, -0.2) is 58.8 Å². The van der Waals surface area contributed by atoms with E-state index in [0.717, 1.165) is 11.2 Å². The Labute approximate surface area is 210 Å². The molecule has 36 heavy (non-hydrogen) atoms. The average Bonchev–Trinajstić information content (AvgIpc) is 3.30. The Morgan fingerprint density at radius 1 is 1.08 bits per heavy atom. The second-order valence-corrected chi connectivity index (χ2v) is 11.7. The Kier molecular flexibility index (Phi) is 7.32. The van der Waals surface area contributed by atoms with Crippen LogP contribution in [0.3, 0.4) is 0 Å². The molecule has 1 aromatic carbocycles. The number of benzene rings is 1. The van der Waals surface area contributed by atoms with Gasteiger partial charge in [-0.1, -0.05) is 12.1 Å². The highest BCUT2D eigenvalue weighted by Gasteiger charge is 2.30. The summed E-state index contributed by atoms with van der Waals surface area (Å²) < 4.78 is 34.7. The number of alkyl carbamates (subject to hydrolysis) is 1. The van der Waals surface area contributed by atoms with Gasteiger partial charge in [-0.05, 0) is 63.4 Å². The molecule has 1 saturated heterocycles. The molecule has 0 spiro atoms. The fraction of sp³-hybridized carbons (Fsp3) is 0.400. The van der Waals surface area contributed by atoms with Crippen molar-refractivity contribution < 1.29 is 22.7 Å². The predicted molar refractivity (Wildman–Crippen MR) is 134 cm³/mol. The Balaban J connectivity index is 1.30. The maximum Gasteiger partial charge on any atom is 0.407 e. The summed E-state index contributed by atoms with van der Waals surface area (Å²) in [4.78, 5) is 28.8. The number of nitrogens with one attached hydrogen (secondary N) is 2. The largest absolute Gasteiger partial charge is 0.444 e. The van der Waals surface area contributed by atoms with Gasteiger partial charge in [0.25, 0.3) is 5.91 Å². The molecule has 2 N–H and O–H groups in total. The third kappa shape index (κ3) is 6.21. The third-order valence-electron chi connectivity index (χ3n) is 5.84. The Bertz CT molecular complexity index is 1340. The second kappa shape index (κ2) is 10.3. The number of carbonyl (C=O) groups is 2. The molecule has 2 aromatic heterocycles. The van der Waals surface area contributed by atoms with Gasteiger partial charge in [-0.2, -0.15) is 4.31 Å². The topological polar surface area (TPSA) is 122 Å². The minimum Gasteiger partial charge on any atom is -0.444 e. The number of rotatable bonds is 6. The maximum absolute atomic E-state index is 13.1. The van der Waals surface area contributed by atoms with Crippen molar-refractivity contribution >= 4 is 27.7 Å². The molecule has 192 valence electrons. The lowest BCUT2D eigenvalue weighted by Gasteiger charge is -2.32. The van der Waals surface area contributed by atoms with E-state index in [4.69, 9.17) is 4.74 Å². The van der Waals surface area contributed by atoms with Crippen LogP contribution >= 0.6 is 0 Å². The van der Waals surface area contributed by atoms with E-state index in [1.54, 1.807) is 80.2 Å². The number of hydrogen-bond donors (Lipinski definition) is 2. The van der Waals surface area contributed by atoms with E-state index >= 15 is 0 Å². The molecule has 0 bridgehead atoms. The summed E-state index contributed by atoms with van der Waals surface area (Å²) in [5, 5.41) is 5.67. The first-order valence-electron chi connectivity index (χ1n) is 11.8. The first-order valence-corrected chi connectivity index (χ1v) is 13.2. The molecule has 3 aromatic rings. The molecule has 0 unspecified atom stereocenters. The second-order valence-electron chi connectivity index (χ2n) is 9.76. The van der Waals surface area contributed by atoms with Crippen molar-refractivity contribution in [3.8, 4) is 0 Å². The van der Waals surface area contributed by atoms with Gasteiger partial charge in [0, 0.05) is 44.3 Å². The molecule has 0 radical (unpaired) electrons. The van der Waals surface area contributed by atoms with Crippen molar-refractivity contribution in [2.24, 2.45) is 0 Å². The van der Waals surface area contributed by atoms with Gasteiger partial charge in [0.05, 0.1) is 10.5 Å². The predicted octanol–water partition coefficient (Wildman–Crippen LogP) is 2.94.